The SMILES string of the molecule is CCCCCCOC(=O)CCCCCC/C=C/CCCCCCC(=O)OCCCCCC. The smallest absolute Gasteiger partial charge is 0.305 e. The van der Waals surface area contributed by atoms with Crippen molar-refractivity contribution in [2.24, 2.45) is 0 Å². The first-order valence-corrected chi connectivity index (χ1v) is 13.7. The molecule has 0 saturated carbocycles. The standard InChI is InChI=1S/C28H52O4/c1-3-5-7-21-25-31-27(29)23-19-17-15-13-11-9-10-12-14-16-18-20-24-28(30)32-26-22-8-6-4-2/h9-10H,3-8,11-26H2,1-2H3/b10-9+. The summed E-state index contributed by atoms with van der Waals surface area (Å²) in [6.45, 7) is 5.55. The van der Waals surface area contributed by atoms with Crippen LogP contribution in [0, 0.1) is 0 Å². The molecule has 32 heavy (non-hydrogen) atoms. The molecule has 0 atom stereocenters. The van der Waals surface area contributed by atoms with E-state index >= 15 is 0 Å². The zero-order valence-electron chi connectivity index (χ0n) is 21.3. The van der Waals surface area contributed by atoms with Crippen LogP contribution in [0.1, 0.15) is 142 Å². The molecular weight excluding hydrogens is 400 g/mol. The maximum Gasteiger partial charge on any atom is 0.305 e. The first-order valence-electron chi connectivity index (χ1n) is 13.7. The van der Waals surface area contributed by atoms with Gasteiger partial charge < -0.3 is 9.47 Å². The number of ether oxygens (including phenoxy) is 2. The van der Waals surface area contributed by atoms with Crippen LogP contribution in [0.3, 0.4) is 0 Å². The number of allylic oxidation sites excluding steroid dienone is 2. The van der Waals surface area contributed by atoms with Crippen LogP contribution in [0.5, 0.6) is 0 Å². The minimum Gasteiger partial charge on any atom is -0.466 e. The molecule has 0 aliphatic rings. The molecule has 0 N–H and O–H groups in total. The molecule has 0 aromatic heterocycles. The number of carbonyl (C=O) groups is 2. The van der Waals surface area contributed by atoms with Gasteiger partial charge in [0.2, 0.25) is 0 Å². The normalized spacial score (nSPS) is 11.2. The third-order valence-electron chi connectivity index (χ3n) is 5.69. The lowest BCUT2D eigenvalue weighted by atomic mass is 10.1. The fourth-order valence-corrected chi connectivity index (χ4v) is 3.58. The van der Waals surface area contributed by atoms with Gasteiger partial charge in [-0.3, -0.25) is 9.59 Å². The Hall–Kier alpha value is -1.32. The van der Waals surface area contributed by atoms with Crippen LogP contribution in [-0.2, 0) is 19.1 Å². The van der Waals surface area contributed by atoms with Crippen LogP contribution in [0.15, 0.2) is 12.2 Å². The zero-order valence-corrected chi connectivity index (χ0v) is 21.3. The summed E-state index contributed by atoms with van der Waals surface area (Å²) < 4.78 is 10.5. The Morgan fingerprint density at radius 2 is 0.875 bits per heavy atom. The average molecular weight is 453 g/mol. The summed E-state index contributed by atoms with van der Waals surface area (Å²) >= 11 is 0. The lowest BCUT2D eigenvalue weighted by molar-refractivity contribution is -0.144. The maximum absolute atomic E-state index is 11.6. The van der Waals surface area contributed by atoms with Crippen LogP contribution >= 0.6 is 0 Å². The van der Waals surface area contributed by atoms with E-state index in [0.29, 0.717) is 26.1 Å². The first-order chi connectivity index (χ1) is 15.7. The average Bonchev–Trinajstić information content (AvgIpc) is 2.79. The molecular formula is C28H52O4. The summed E-state index contributed by atoms with van der Waals surface area (Å²) in [6, 6.07) is 0. The molecule has 0 spiro atoms. The van der Waals surface area contributed by atoms with Crippen LogP contribution in [0.2, 0.25) is 0 Å². The third-order valence-corrected chi connectivity index (χ3v) is 5.69. The summed E-state index contributed by atoms with van der Waals surface area (Å²) in [5.74, 6) is -0.0543. The van der Waals surface area contributed by atoms with Crippen LogP contribution in [-0.4, -0.2) is 25.2 Å². The molecule has 0 aromatic carbocycles. The van der Waals surface area contributed by atoms with Crippen molar-refractivity contribution >= 4 is 11.9 Å². The first kappa shape index (κ1) is 30.7. The second-order valence-corrected chi connectivity index (χ2v) is 8.94. The van der Waals surface area contributed by atoms with Crippen molar-refractivity contribution in [3.05, 3.63) is 12.2 Å². The van der Waals surface area contributed by atoms with Crippen molar-refractivity contribution in [2.75, 3.05) is 13.2 Å². The highest BCUT2D eigenvalue weighted by Gasteiger charge is 2.03. The van der Waals surface area contributed by atoms with Gasteiger partial charge in [-0.15, -0.1) is 0 Å². The lowest BCUT2D eigenvalue weighted by Crippen LogP contribution is -2.05. The Labute approximate surface area is 198 Å². The molecule has 0 rings (SSSR count). The summed E-state index contributed by atoms with van der Waals surface area (Å²) in [7, 11) is 0. The van der Waals surface area contributed by atoms with Crippen LogP contribution < -0.4 is 0 Å². The van der Waals surface area contributed by atoms with E-state index < -0.39 is 0 Å². The molecule has 0 aliphatic carbocycles. The molecule has 4 nitrogen and oxygen atoms in total. The molecule has 0 unspecified atom stereocenters. The molecule has 0 heterocycles. The van der Waals surface area contributed by atoms with E-state index in [4.69, 9.17) is 9.47 Å². The largest absolute Gasteiger partial charge is 0.466 e. The van der Waals surface area contributed by atoms with Gasteiger partial charge in [-0.25, -0.2) is 0 Å². The Morgan fingerprint density at radius 3 is 1.28 bits per heavy atom. The number of rotatable bonds is 24. The molecule has 188 valence electrons. The monoisotopic (exact) mass is 452 g/mol. The number of carbonyl (C=O) groups excluding carboxylic acids is 2. The van der Waals surface area contributed by atoms with Crippen LogP contribution in [0.4, 0.5) is 0 Å². The van der Waals surface area contributed by atoms with E-state index in [1.807, 2.05) is 0 Å². The molecule has 0 saturated heterocycles. The van der Waals surface area contributed by atoms with Gasteiger partial charge in [0.15, 0.2) is 0 Å². The van der Waals surface area contributed by atoms with Gasteiger partial charge in [0.1, 0.15) is 0 Å². The van der Waals surface area contributed by atoms with E-state index in [2.05, 4.69) is 26.0 Å². The predicted molar refractivity (Wildman–Crippen MR) is 135 cm³/mol. The topological polar surface area (TPSA) is 52.6 Å². The Kier molecular flexibility index (Phi) is 24.9. The van der Waals surface area contributed by atoms with E-state index in [-0.39, 0.29) is 11.9 Å². The molecule has 0 amide bonds. The fraction of sp³-hybridized carbons (Fsp3) is 0.857. The highest BCUT2D eigenvalue weighted by Crippen LogP contribution is 2.10. The van der Waals surface area contributed by atoms with Crippen molar-refractivity contribution in [2.45, 2.75) is 142 Å². The van der Waals surface area contributed by atoms with Crippen molar-refractivity contribution < 1.29 is 19.1 Å². The number of unbranched alkanes of at least 4 members (excludes halogenated alkanes) is 14. The molecule has 0 aliphatic heterocycles. The van der Waals surface area contributed by atoms with Gasteiger partial charge >= 0.3 is 11.9 Å². The lowest BCUT2D eigenvalue weighted by Gasteiger charge is -2.04. The zero-order chi connectivity index (χ0) is 23.5. The number of hydrogen-bond donors (Lipinski definition) is 0. The Balaban J connectivity index is 3.28. The van der Waals surface area contributed by atoms with Gasteiger partial charge in [-0.05, 0) is 51.4 Å². The van der Waals surface area contributed by atoms with E-state index in [1.165, 1.54) is 51.4 Å². The Morgan fingerprint density at radius 1 is 0.500 bits per heavy atom. The fourth-order valence-electron chi connectivity index (χ4n) is 3.58. The quantitative estimate of drug-likeness (QED) is 0.0837. The third kappa shape index (κ3) is 24.9. The number of hydrogen-bond acceptors (Lipinski definition) is 4. The minimum absolute atomic E-state index is 0.0271. The van der Waals surface area contributed by atoms with Crippen molar-refractivity contribution in [3.8, 4) is 0 Å². The van der Waals surface area contributed by atoms with Crippen molar-refractivity contribution in [1.82, 2.24) is 0 Å². The second kappa shape index (κ2) is 25.9. The number of esters is 2. The Bertz CT molecular complexity index is 405. The van der Waals surface area contributed by atoms with Gasteiger partial charge in [0.25, 0.3) is 0 Å². The summed E-state index contributed by atoms with van der Waals surface area (Å²) in [5, 5.41) is 0. The summed E-state index contributed by atoms with van der Waals surface area (Å²) in [5.41, 5.74) is 0. The van der Waals surface area contributed by atoms with Crippen LogP contribution in [0.25, 0.3) is 0 Å². The minimum atomic E-state index is -0.0271. The molecule has 4 heteroatoms. The molecule has 0 radical (unpaired) electrons. The molecule has 0 fully saturated rings. The molecule has 0 aromatic rings. The van der Waals surface area contributed by atoms with Gasteiger partial charge in [0, 0.05) is 12.8 Å². The van der Waals surface area contributed by atoms with Gasteiger partial charge in [-0.2, -0.15) is 0 Å². The summed E-state index contributed by atoms with van der Waals surface area (Å²) in [6.07, 6.45) is 26.1. The van der Waals surface area contributed by atoms with E-state index in [0.717, 1.165) is 64.2 Å². The van der Waals surface area contributed by atoms with E-state index in [9.17, 15) is 9.59 Å². The van der Waals surface area contributed by atoms with Crippen molar-refractivity contribution in [1.29, 1.82) is 0 Å². The predicted octanol–water partition coefficient (Wildman–Crippen LogP) is 8.47. The summed E-state index contributed by atoms with van der Waals surface area (Å²) in [4.78, 5) is 23.3. The highest BCUT2D eigenvalue weighted by atomic mass is 16.5. The maximum atomic E-state index is 11.6. The van der Waals surface area contributed by atoms with E-state index in [1.54, 1.807) is 0 Å². The van der Waals surface area contributed by atoms with Gasteiger partial charge in [0.05, 0.1) is 13.2 Å². The van der Waals surface area contributed by atoms with Gasteiger partial charge in [-0.1, -0.05) is 90.2 Å². The molecule has 0 bridgehead atoms. The van der Waals surface area contributed by atoms with Crippen molar-refractivity contribution in [3.63, 3.8) is 0 Å². The second-order valence-electron chi connectivity index (χ2n) is 8.94. The highest BCUT2D eigenvalue weighted by molar-refractivity contribution is 5.69.